The number of β-amino-alcohol motifs (C(OH)–C–C–N with tert-alkyl or cyclic N) is 1. The molecule has 0 saturated carbocycles. The van der Waals surface area contributed by atoms with E-state index in [0.717, 1.165) is 13.1 Å². The van der Waals surface area contributed by atoms with Crippen LogP contribution in [0.25, 0.3) is 0 Å². The van der Waals surface area contributed by atoms with Gasteiger partial charge in [-0.1, -0.05) is 6.92 Å². The molecule has 3 nitrogen and oxygen atoms in total. The lowest BCUT2D eigenvalue weighted by atomic mass is 10.1. The van der Waals surface area contributed by atoms with Crippen molar-refractivity contribution in [3.05, 3.63) is 0 Å². The van der Waals surface area contributed by atoms with Crippen LogP contribution in [0.1, 0.15) is 6.92 Å². The van der Waals surface area contributed by atoms with Gasteiger partial charge in [0.05, 0.1) is 6.10 Å². The first-order valence-corrected chi connectivity index (χ1v) is 4.35. The molecule has 0 bridgehead atoms. The first-order chi connectivity index (χ1) is 5.63. The van der Waals surface area contributed by atoms with Gasteiger partial charge in [-0.05, 0) is 5.92 Å². The standard InChI is InChI=1S/C8H17FN2O/c1-6-3-11(5-8(6)10)4-7(12)2-9/h6-8,12H,2-5,10H2,1H3/t6-,7?,8-/m1/s1. The molecule has 72 valence electrons. The Morgan fingerprint density at radius 3 is 2.75 bits per heavy atom. The number of halogens is 1. The fraction of sp³-hybridized carbons (Fsp3) is 1.00. The normalized spacial score (nSPS) is 34.0. The van der Waals surface area contributed by atoms with E-state index in [2.05, 4.69) is 6.92 Å². The average Bonchev–Trinajstić information content (AvgIpc) is 2.31. The van der Waals surface area contributed by atoms with Crippen molar-refractivity contribution in [3.63, 3.8) is 0 Å². The van der Waals surface area contributed by atoms with Crippen molar-refractivity contribution in [1.82, 2.24) is 4.90 Å². The van der Waals surface area contributed by atoms with E-state index in [1.54, 1.807) is 0 Å². The highest BCUT2D eigenvalue weighted by molar-refractivity contribution is 4.84. The second-order valence-corrected chi connectivity index (χ2v) is 3.67. The van der Waals surface area contributed by atoms with Crippen LogP contribution in [0.15, 0.2) is 0 Å². The minimum atomic E-state index is -0.845. The molecular weight excluding hydrogens is 159 g/mol. The van der Waals surface area contributed by atoms with Gasteiger partial charge in [0.25, 0.3) is 0 Å². The maximum atomic E-state index is 11.9. The second-order valence-electron chi connectivity index (χ2n) is 3.67. The van der Waals surface area contributed by atoms with Crippen LogP contribution in [0, 0.1) is 5.92 Å². The zero-order valence-electron chi connectivity index (χ0n) is 7.41. The highest BCUT2D eigenvalue weighted by atomic mass is 19.1. The van der Waals surface area contributed by atoms with Crippen molar-refractivity contribution in [3.8, 4) is 0 Å². The summed E-state index contributed by atoms with van der Waals surface area (Å²) in [4.78, 5) is 2.01. The summed E-state index contributed by atoms with van der Waals surface area (Å²) in [6, 6.07) is 0.178. The number of aliphatic hydroxyl groups is 1. The fourth-order valence-corrected chi connectivity index (χ4v) is 1.59. The van der Waals surface area contributed by atoms with Crippen LogP contribution in [0.3, 0.4) is 0 Å². The maximum absolute atomic E-state index is 11.9. The lowest BCUT2D eigenvalue weighted by Gasteiger charge is -2.17. The molecule has 12 heavy (non-hydrogen) atoms. The number of aliphatic hydroxyl groups excluding tert-OH is 1. The zero-order chi connectivity index (χ0) is 9.14. The van der Waals surface area contributed by atoms with E-state index in [1.165, 1.54) is 0 Å². The Kier molecular flexibility index (Phi) is 3.43. The Labute approximate surface area is 72.3 Å². The number of likely N-dealkylation sites (tertiary alicyclic amines) is 1. The van der Waals surface area contributed by atoms with E-state index in [-0.39, 0.29) is 6.04 Å². The second kappa shape index (κ2) is 4.16. The Hall–Kier alpha value is -0.190. The average molecular weight is 176 g/mol. The minimum absolute atomic E-state index is 0.178. The molecule has 0 aliphatic carbocycles. The van der Waals surface area contributed by atoms with E-state index < -0.39 is 12.8 Å². The quantitative estimate of drug-likeness (QED) is 0.615. The van der Waals surface area contributed by atoms with Crippen molar-refractivity contribution in [2.24, 2.45) is 11.7 Å². The number of hydrogen-bond acceptors (Lipinski definition) is 3. The van der Waals surface area contributed by atoms with Crippen molar-refractivity contribution >= 4 is 0 Å². The molecule has 0 aromatic carbocycles. The van der Waals surface area contributed by atoms with Gasteiger partial charge in [0, 0.05) is 25.7 Å². The van der Waals surface area contributed by atoms with E-state index >= 15 is 0 Å². The smallest absolute Gasteiger partial charge is 0.117 e. The lowest BCUT2D eigenvalue weighted by Crippen LogP contribution is -2.34. The predicted molar refractivity (Wildman–Crippen MR) is 45.6 cm³/mol. The van der Waals surface area contributed by atoms with Crippen molar-refractivity contribution in [2.45, 2.75) is 19.1 Å². The maximum Gasteiger partial charge on any atom is 0.117 e. The number of nitrogens with two attached hydrogens (primary N) is 1. The van der Waals surface area contributed by atoms with Crippen LogP contribution < -0.4 is 5.73 Å². The van der Waals surface area contributed by atoms with Gasteiger partial charge < -0.3 is 10.8 Å². The van der Waals surface area contributed by atoms with Gasteiger partial charge in [-0.3, -0.25) is 4.90 Å². The van der Waals surface area contributed by atoms with Gasteiger partial charge in [0.15, 0.2) is 0 Å². The van der Waals surface area contributed by atoms with Gasteiger partial charge in [0.1, 0.15) is 6.67 Å². The van der Waals surface area contributed by atoms with Crippen LogP contribution in [0.2, 0.25) is 0 Å². The molecule has 1 rings (SSSR count). The van der Waals surface area contributed by atoms with Gasteiger partial charge in [-0.2, -0.15) is 0 Å². The third-order valence-electron chi connectivity index (χ3n) is 2.39. The van der Waals surface area contributed by atoms with Gasteiger partial charge in [0.2, 0.25) is 0 Å². The predicted octanol–water partition coefficient (Wildman–Crippen LogP) is -0.404. The topological polar surface area (TPSA) is 49.5 Å². The van der Waals surface area contributed by atoms with E-state index in [4.69, 9.17) is 10.8 Å². The first-order valence-electron chi connectivity index (χ1n) is 4.35. The van der Waals surface area contributed by atoms with E-state index in [1.807, 2.05) is 4.90 Å². The van der Waals surface area contributed by atoms with E-state index in [0.29, 0.717) is 12.5 Å². The summed E-state index contributed by atoms with van der Waals surface area (Å²) >= 11 is 0. The number of alkyl halides is 1. The van der Waals surface area contributed by atoms with Crippen LogP contribution in [-0.4, -0.2) is 48.5 Å². The van der Waals surface area contributed by atoms with Gasteiger partial charge in [-0.25, -0.2) is 4.39 Å². The molecule has 1 unspecified atom stereocenters. The van der Waals surface area contributed by atoms with Crippen molar-refractivity contribution in [2.75, 3.05) is 26.3 Å². The third-order valence-corrected chi connectivity index (χ3v) is 2.39. The zero-order valence-corrected chi connectivity index (χ0v) is 7.41. The molecule has 1 saturated heterocycles. The van der Waals surface area contributed by atoms with E-state index in [9.17, 15) is 4.39 Å². The van der Waals surface area contributed by atoms with Gasteiger partial charge >= 0.3 is 0 Å². The number of rotatable bonds is 3. The Morgan fingerprint density at radius 1 is 1.67 bits per heavy atom. The molecule has 3 atom stereocenters. The highest BCUT2D eigenvalue weighted by Crippen LogP contribution is 2.14. The summed E-state index contributed by atoms with van der Waals surface area (Å²) in [6.07, 6.45) is -0.845. The SMILES string of the molecule is C[C@@H]1CN(CC(O)CF)C[C@H]1N. The highest BCUT2D eigenvalue weighted by Gasteiger charge is 2.27. The van der Waals surface area contributed by atoms with Crippen molar-refractivity contribution in [1.29, 1.82) is 0 Å². The molecule has 1 heterocycles. The molecule has 4 heteroatoms. The van der Waals surface area contributed by atoms with Crippen LogP contribution in [0.4, 0.5) is 4.39 Å². The van der Waals surface area contributed by atoms with Crippen molar-refractivity contribution < 1.29 is 9.50 Å². The molecule has 0 spiro atoms. The molecule has 0 radical (unpaired) electrons. The molecular formula is C8H17FN2O. The first kappa shape index (κ1) is 9.89. The van der Waals surface area contributed by atoms with Crippen LogP contribution in [0.5, 0.6) is 0 Å². The lowest BCUT2D eigenvalue weighted by molar-refractivity contribution is 0.0980. The minimum Gasteiger partial charge on any atom is -0.389 e. The molecule has 1 aliphatic rings. The Balaban J connectivity index is 2.27. The summed E-state index contributed by atoms with van der Waals surface area (Å²) in [5, 5.41) is 9.03. The fourth-order valence-electron chi connectivity index (χ4n) is 1.59. The monoisotopic (exact) mass is 176 g/mol. The Morgan fingerprint density at radius 2 is 2.33 bits per heavy atom. The number of nitrogens with zero attached hydrogens (tertiary/aromatic N) is 1. The molecule has 1 fully saturated rings. The molecule has 1 aliphatic heterocycles. The van der Waals surface area contributed by atoms with Crippen LogP contribution in [-0.2, 0) is 0 Å². The Bertz CT molecular complexity index is 135. The molecule has 0 amide bonds. The summed E-state index contributed by atoms with van der Waals surface area (Å²) in [5.74, 6) is 0.455. The van der Waals surface area contributed by atoms with Gasteiger partial charge in [-0.15, -0.1) is 0 Å². The largest absolute Gasteiger partial charge is 0.389 e. The summed E-state index contributed by atoms with van der Waals surface area (Å²) in [7, 11) is 0. The summed E-state index contributed by atoms with van der Waals surface area (Å²) in [6.45, 7) is 3.47. The molecule has 0 aromatic heterocycles. The summed E-state index contributed by atoms with van der Waals surface area (Å²) in [5.41, 5.74) is 5.77. The summed E-state index contributed by atoms with van der Waals surface area (Å²) < 4.78 is 11.9. The number of hydrogen-bond donors (Lipinski definition) is 2. The third kappa shape index (κ3) is 2.40. The molecule has 3 N–H and O–H groups in total. The molecule has 0 aromatic rings. The van der Waals surface area contributed by atoms with Crippen LogP contribution >= 0.6 is 0 Å².